The first-order valence-corrected chi connectivity index (χ1v) is 5.57. The Balaban J connectivity index is 0.00000128. The summed E-state index contributed by atoms with van der Waals surface area (Å²) in [7, 11) is 2.16. The molecule has 15 heavy (non-hydrogen) atoms. The number of rotatable bonds is 3. The second-order valence-corrected chi connectivity index (χ2v) is 4.06. The van der Waals surface area contributed by atoms with E-state index in [0.717, 1.165) is 26.3 Å². The maximum atomic E-state index is 3.31. The van der Waals surface area contributed by atoms with Gasteiger partial charge in [-0.2, -0.15) is 0 Å². The van der Waals surface area contributed by atoms with Crippen LogP contribution in [0.1, 0.15) is 8.35 Å². The number of anilines is 2. The van der Waals surface area contributed by atoms with Crippen LogP contribution in [-0.2, 0) is 0 Å². The van der Waals surface area contributed by atoms with Gasteiger partial charge in [0.25, 0.3) is 0 Å². The number of likely N-dealkylation sites (N-methyl/N-ethyl adjacent to an activating group) is 1. The lowest BCUT2D eigenvalue weighted by molar-refractivity contribution is 0.421. The van der Waals surface area contributed by atoms with Crippen LogP contribution in [0.4, 0.5) is 11.4 Å². The van der Waals surface area contributed by atoms with Crippen LogP contribution in [0, 0.1) is 0 Å². The van der Waals surface area contributed by atoms with Crippen molar-refractivity contribution < 1.29 is 1.43 Å². The van der Waals surface area contributed by atoms with Gasteiger partial charge in [0.2, 0.25) is 0 Å². The summed E-state index contributed by atoms with van der Waals surface area (Å²) >= 11 is 0. The lowest BCUT2D eigenvalue weighted by atomic mass is 10.2. The van der Waals surface area contributed by atoms with Crippen LogP contribution >= 0.6 is 0 Å². The van der Waals surface area contributed by atoms with Crippen molar-refractivity contribution in [1.82, 2.24) is 4.90 Å². The Hall–Kier alpha value is -1.22. The predicted octanol–water partition coefficient (Wildman–Crippen LogP) is 2.07. The number of nitrogens with zero attached hydrogens (tertiary/aromatic N) is 2. The van der Waals surface area contributed by atoms with Gasteiger partial charge in [-0.05, 0) is 38.2 Å². The Labute approximate surface area is 93.2 Å². The first-order valence-electron chi connectivity index (χ1n) is 5.57. The van der Waals surface area contributed by atoms with Gasteiger partial charge in [0.15, 0.2) is 0 Å². The zero-order chi connectivity index (χ0) is 10.7. The minimum atomic E-state index is 0. The molecule has 1 N–H and O–H groups in total. The molecule has 0 unspecified atom stereocenters. The van der Waals surface area contributed by atoms with Gasteiger partial charge in [0.1, 0.15) is 0 Å². The SMILES string of the molecule is CCNc1ccc(N2CCN(C)C2)cc1.[HH]. The first-order chi connectivity index (χ1) is 7.29. The smallest absolute Gasteiger partial charge is 0.0705 e. The summed E-state index contributed by atoms with van der Waals surface area (Å²) < 4.78 is 0. The molecule has 0 radical (unpaired) electrons. The van der Waals surface area contributed by atoms with E-state index in [0.29, 0.717) is 0 Å². The molecule has 84 valence electrons. The zero-order valence-electron chi connectivity index (χ0n) is 9.53. The summed E-state index contributed by atoms with van der Waals surface area (Å²) in [5.41, 5.74) is 2.52. The third-order valence-corrected chi connectivity index (χ3v) is 2.78. The number of benzene rings is 1. The molecule has 0 aliphatic carbocycles. The number of nitrogens with one attached hydrogen (secondary N) is 1. The van der Waals surface area contributed by atoms with Gasteiger partial charge in [-0.1, -0.05) is 0 Å². The Kier molecular flexibility index (Phi) is 3.11. The molecule has 0 atom stereocenters. The van der Waals surface area contributed by atoms with E-state index in [1.165, 1.54) is 11.4 Å². The van der Waals surface area contributed by atoms with E-state index in [4.69, 9.17) is 0 Å². The molecule has 1 fully saturated rings. The van der Waals surface area contributed by atoms with E-state index in [1.54, 1.807) is 0 Å². The number of hydrogen-bond donors (Lipinski definition) is 1. The van der Waals surface area contributed by atoms with Gasteiger partial charge in [-0.15, -0.1) is 0 Å². The topological polar surface area (TPSA) is 18.5 Å². The summed E-state index contributed by atoms with van der Waals surface area (Å²) in [6.45, 7) is 6.43. The van der Waals surface area contributed by atoms with Gasteiger partial charge >= 0.3 is 0 Å². The van der Waals surface area contributed by atoms with Crippen LogP contribution in [0.3, 0.4) is 0 Å². The van der Waals surface area contributed by atoms with Crippen molar-refractivity contribution in [3.8, 4) is 0 Å². The van der Waals surface area contributed by atoms with Crippen LogP contribution in [0.5, 0.6) is 0 Å². The fourth-order valence-electron chi connectivity index (χ4n) is 1.93. The van der Waals surface area contributed by atoms with Crippen LogP contribution in [0.25, 0.3) is 0 Å². The van der Waals surface area contributed by atoms with E-state index < -0.39 is 0 Å². The van der Waals surface area contributed by atoms with Crippen molar-refractivity contribution >= 4 is 11.4 Å². The summed E-state index contributed by atoms with van der Waals surface area (Å²) in [5.74, 6) is 0. The highest BCUT2D eigenvalue weighted by atomic mass is 15.4. The molecule has 1 aromatic rings. The second kappa shape index (κ2) is 4.53. The molecule has 0 bridgehead atoms. The van der Waals surface area contributed by atoms with E-state index in [9.17, 15) is 0 Å². The van der Waals surface area contributed by atoms with Gasteiger partial charge in [-0.3, -0.25) is 4.90 Å². The Morgan fingerprint density at radius 1 is 1.27 bits per heavy atom. The molecule has 1 aliphatic heterocycles. The van der Waals surface area contributed by atoms with E-state index in [-0.39, 0.29) is 1.43 Å². The standard InChI is InChI=1S/C12H19N3.H2/c1-3-13-11-4-6-12(7-5-11)15-9-8-14(2)10-15;/h4-7,13H,3,8-10H2,1-2H3;1H. The van der Waals surface area contributed by atoms with Crippen LogP contribution in [0.2, 0.25) is 0 Å². The van der Waals surface area contributed by atoms with Gasteiger partial charge in [-0.25, -0.2) is 0 Å². The first kappa shape index (κ1) is 10.3. The fraction of sp³-hybridized carbons (Fsp3) is 0.500. The minimum Gasteiger partial charge on any atom is -0.385 e. The molecular formula is C12H21N3. The normalized spacial score (nSPS) is 17.1. The van der Waals surface area contributed by atoms with Gasteiger partial charge in [0.05, 0.1) is 6.67 Å². The van der Waals surface area contributed by atoms with Crippen LogP contribution < -0.4 is 10.2 Å². The largest absolute Gasteiger partial charge is 0.385 e. The zero-order valence-corrected chi connectivity index (χ0v) is 9.53. The van der Waals surface area contributed by atoms with Crippen molar-refractivity contribution in [3.63, 3.8) is 0 Å². The van der Waals surface area contributed by atoms with Crippen molar-refractivity contribution in [2.24, 2.45) is 0 Å². The Morgan fingerprint density at radius 2 is 2.00 bits per heavy atom. The third kappa shape index (κ3) is 2.42. The average molecular weight is 207 g/mol. The molecule has 3 nitrogen and oxygen atoms in total. The second-order valence-electron chi connectivity index (χ2n) is 4.06. The summed E-state index contributed by atoms with van der Waals surface area (Å²) in [4.78, 5) is 4.73. The predicted molar refractivity (Wildman–Crippen MR) is 67.6 cm³/mol. The molecular weight excluding hydrogens is 186 g/mol. The highest BCUT2D eigenvalue weighted by Crippen LogP contribution is 2.20. The van der Waals surface area contributed by atoms with Crippen LogP contribution in [-0.4, -0.2) is 38.3 Å². The van der Waals surface area contributed by atoms with Gasteiger partial charge in [0, 0.05) is 32.4 Å². The fourth-order valence-corrected chi connectivity index (χ4v) is 1.93. The quantitative estimate of drug-likeness (QED) is 0.818. The lowest BCUT2D eigenvalue weighted by Gasteiger charge is -2.18. The number of hydrogen-bond acceptors (Lipinski definition) is 3. The molecule has 1 aromatic carbocycles. The molecule has 2 rings (SSSR count). The summed E-state index contributed by atoms with van der Waals surface area (Å²) in [6.07, 6.45) is 0. The molecule has 3 heteroatoms. The average Bonchev–Trinajstić information content (AvgIpc) is 2.67. The third-order valence-electron chi connectivity index (χ3n) is 2.78. The highest BCUT2D eigenvalue weighted by molar-refractivity contribution is 5.55. The monoisotopic (exact) mass is 207 g/mol. The van der Waals surface area contributed by atoms with Crippen molar-refractivity contribution in [1.29, 1.82) is 0 Å². The lowest BCUT2D eigenvalue weighted by Crippen LogP contribution is -2.22. The molecule has 0 saturated carbocycles. The molecule has 0 aromatic heterocycles. The van der Waals surface area contributed by atoms with Gasteiger partial charge < -0.3 is 10.2 Å². The van der Waals surface area contributed by atoms with E-state index in [1.807, 2.05) is 0 Å². The summed E-state index contributed by atoms with van der Waals surface area (Å²) in [5, 5.41) is 3.31. The van der Waals surface area contributed by atoms with Crippen LogP contribution in [0.15, 0.2) is 24.3 Å². The maximum absolute atomic E-state index is 3.31. The molecule has 1 saturated heterocycles. The molecule has 0 amide bonds. The van der Waals surface area contributed by atoms with Crippen molar-refractivity contribution in [2.45, 2.75) is 6.92 Å². The maximum Gasteiger partial charge on any atom is 0.0705 e. The van der Waals surface area contributed by atoms with Crippen molar-refractivity contribution in [3.05, 3.63) is 24.3 Å². The summed E-state index contributed by atoms with van der Waals surface area (Å²) in [6, 6.07) is 8.68. The van der Waals surface area contributed by atoms with E-state index >= 15 is 0 Å². The molecule has 1 aliphatic rings. The Bertz CT molecular complexity index is 313. The van der Waals surface area contributed by atoms with E-state index in [2.05, 4.69) is 53.4 Å². The molecule has 0 spiro atoms. The Morgan fingerprint density at radius 3 is 2.53 bits per heavy atom. The molecule has 1 heterocycles. The minimum absolute atomic E-state index is 0. The highest BCUT2D eigenvalue weighted by Gasteiger charge is 2.16. The van der Waals surface area contributed by atoms with Crippen molar-refractivity contribution in [2.75, 3.05) is 43.6 Å².